The van der Waals surface area contributed by atoms with Crippen LogP contribution in [0.4, 0.5) is 0 Å². The molecule has 0 bridgehead atoms. The van der Waals surface area contributed by atoms with Crippen molar-refractivity contribution in [3.05, 3.63) is 0 Å². The minimum absolute atomic E-state index is 0.0611. The van der Waals surface area contributed by atoms with Crippen molar-refractivity contribution in [1.82, 2.24) is 5.32 Å². The Morgan fingerprint density at radius 3 is 2.73 bits per heavy atom. The maximum atomic E-state index is 9.64. The molecule has 2 heteroatoms. The van der Waals surface area contributed by atoms with Gasteiger partial charge < -0.3 is 10.4 Å². The van der Waals surface area contributed by atoms with Gasteiger partial charge in [-0.3, -0.25) is 0 Å². The number of rotatable bonds is 0. The smallest absolute Gasteiger partial charge is 0.0695 e. The van der Waals surface area contributed by atoms with E-state index in [0.717, 1.165) is 18.9 Å². The second kappa shape index (κ2) is 3.11. The summed E-state index contributed by atoms with van der Waals surface area (Å²) >= 11 is 0. The summed E-state index contributed by atoms with van der Waals surface area (Å²) in [5.74, 6) is 0.771. The van der Waals surface area contributed by atoms with Crippen molar-refractivity contribution >= 4 is 0 Å². The van der Waals surface area contributed by atoms with Crippen LogP contribution < -0.4 is 5.32 Å². The average molecular weight is 155 g/mol. The van der Waals surface area contributed by atoms with Crippen molar-refractivity contribution in [1.29, 1.82) is 0 Å². The van der Waals surface area contributed by atoms with E-state index >= 15 is 0 Å². The molecule has 2 N–H and O–H groups in total. The highest BCUT2D eigenvalue weighted by Gasteiger charge is 2.33. The van der Waals surface area contributed by atoms with Gasteiger partial charge in [0.1, 0.15) is 0 Å². The Labute approximate surface area is 68.0 Å². The van der Waals surface area contributed by atoms with E-state index in [4.69, 9.17) is 0 Å². The summed E-state index contributed by atoms with van der Waals surface area (Å²) in [7, 11) is 0. The molecule has 64 valence electrons. The fourth-order valence-electron chi connectivity index (χ4n) is 2.52. The van der Waals surface area contributed by atoms with E-state index in [1.165, 1.54) is 25.7 Å². The molecule has 2 aliphatic rings. The maximum Gasteiger partial charge on any atom is 0.0695 e. The van der Waals surface area contributed by atoms with Crippen LogP contribution in [-0.4, -0.2) is 23.8 Å². The number of hydrogen-bond acceptors (Lipinski definition) is 2. The van der Waals surface area contributed by atoms with Crippen LogP contribution in [0.15, 0.2) is 0 Å². The van der Waals surface area contributed by atoms with Gasteiger partial charge in [-0.15, -0.1) is 0 Å². The molecule has 3 atom stereocenters. The first-order valence-electron chi connectivity index (χ1n) is 4.79. The quantitative estimate of drug-likeness (QED) is 0.544. The van der Waals surface area contributed by atoms with Gasteiger partial charge in [0.2, 0.25) is 0 Å². The highest BCUT2D eigenvalue weighted by Crippen LogP contribution is 2.30. The summed E-state index contributed by atoms with van der Waals surface area (Å²) in [6.07, 6.45) is 6.13. The Bertz CT molecular complexity index is 136. The summed E-state index contributed by atoms with van der Waals surface area (Å²) in [6.45, 7) is 1.11. The molecule has 1 aliphatic heterocycles. The van der Waals surface area contributed by atoms with Crippen LogP contribution in [0.1, 0.15) is 32.1 Å². The van der Waals surface area contributed by atoms with Crippen molar-refractivity contribution in [2.24, 2.45) is 5.92 Å². The highest BCUT2D eigenvalue weighted by molar-refractivity contribution is 4.90. The zero-order chi connectivity index (χ0) is 7.68. The second-order valence-electron chi connectivity index (χ2n) is 3.88. The lowest BCUT2D eigenvalue weighted by molar-refractivity contribution is 0.0424. The lowest BCUT2D eigenvalue weighted by atomic mass is 9.78. The first-order valence-corrected chi connectivity index (χ1v) is 4.79. The van der Waals surface area contributed by atoms with Gasteiger partial charge in [-0.1, -0.05) is 6.42 Å². The number of nitrogens with one attached hydrogen (secondary N) is 1. The molecule has 2 rings (SSSR count). The van der Waals surface area contributed by atoms with Crippen LogP contribution >= 0.6 is 0 Å². The topological polar surface area (TPSA) is 32.3 Å². The van der Waals surface area contributed by atoms with E-state index in [9.17, 15) is 5.11 Å². The Morgan fingerprint density at radius 2 is 1.91 bits per heavy atom. The number of aliphatic hydroxyl groups excluding tert-OH is 1. The van der Waals surface area contributed by atoms with E-state index in [2.05, 4.69) is 5.32 Å². The van der Waals surface area contributed by atoms with E-state index in [1.54, 1.807) is 0 Å². The Morgan fingerprint density at radius 1 is 1.09 bits per heavy atom. The van der Waals surface area contributed by atoms with Crippen LogP contribution in [0.2, 0.25) is 0 Å². The lowest BCUT2D eigenvalue weighted by Gasteiger charge is -2.39. The van der Waals surface area contributed by atoms with Crippen LogP contribution in [0.3, 0.4) is 0 Å². The summed E-state index contributed by atoms with van der Waals surface area (Å²) in [6, 6.07) is 0.428. The fourth-order valence-corrected chi connectivity index (χ4v) is 2.52. The van der Waals surface area contributed by atoms with Crippen LogP contribution in [0.5, 0.6) is 0 Å². The molecule has 0 aromatic heterocycles. The van der Waals surface area contributed by atoms with E-state index in [-0.39, 0.29) is 6.10 Å². The molecule has 2 fully saturated rings. The largest absolute Gasteiger partial charge is 0.391 e. The summed E-state index contributed by atoms with van der Waals surface area (Å²) < 4.78 is 0. The van der Waals surface area contributed by atoms with Gasteiger partial charge in [-0.05, 0) is 38.1 Å². The molecular weight excluding hydrogens is 138 g/mol. The fraction of sp³-hybridized carbons (Fsp3) is 1.00. The van der Waals surface area contributed by atoms with Crippen molar-refractivity contribution in [3.8, 4) is 0 Å². The molecule has 0 unspecified atom stereocenters. The van der Waals surface area contributed by atoms with Gasteiger partial charge in [-0.2, -0.15) is 0 Å². The Balaban J connectivity index is 1.99. The Hall–Kier alpha value is -0.0800. The van der Waals surface area contributed by atoms with Gasteiger partial charge in [0, 0.05) is 6.04 Å². The van der Waals surface area contributed by atoms with Gasteiger partial charge in [0.15, 0.2) is 0 Å². The zero-order valence-electron chi connectivity index (χ0n) is 6.92. The highest BCUT2D eigenvalue weighted by atomic mass is 16.3. The van der Waals surface area contributed by atoms with Crippen molar-refractivity contribution in [2.45, 2.75) is 44.2 Å². The molecule has 0 aromatic rings. The molecule has 2 nitrogen and oxygen atoms in total. The minimum Gasteiger partial charge on any atom is -0.391 e. The molecule has 0 amide bonds. The van der Waals surface area contributed by atoms with Crippen molar-refractivity contribution in [2.75, 3.05) is 6.54 Å². The summed E-state index contributed by atoms with van der Waals surface area (Å²) in [5, 5.41) is 13.1. The van der Waals surface area contributed by atoms with E-state index in [0.29, 0.717) is 6.04 Å². The first kappa shape index (κ1) is 7.56. The molecule has 1 saturated heterocycles. The van der Waals surface area contributed by atoms with Crippen LogP contribution in [0.25, 0.3) is 0 Å². The average Bonchev–Trinajstić information content (AvgIpc) is 2.06. The normalized spacial score (nSPS) is 45.0. The van der Waals surface area contributed by atoms with Crippen molar-refractivity contribution in [3.63, 3.8) is 0 Å². The van der Waals surface area contributed by atoms with Crippen LogP contribution in [-0.2, 0) is 0 Å². The van der Waals surface area contributed by atoms with Gasteiger partial charge in [0.25, 0.3) is 0 Å². The molecular formula is C9H17NO. The minimum atomic E-state index is -0.0611. The van der Waals surface area contributed by atoms with Crippen LogP contribution in [0, 0.1) is 5.92 Å². The summed E-state index contributed by atoms with van der Waals surface area (Å²) in [5.41, 5.74) is 0. The summed E-state index contributed by atoms with van der Waals surface area (Å²) in [4.78, 5) is 0. The number of aliphatic hydroxyl groups is 1. The van der Waals surface area contributed by atoms with Crippen molar-refractivity contribution < 1.29 is 5.11 Å². The lowest BCUT2D eigenvalue weighted by Crippen LogP contribution is -2.51. The second-order valence-corrected chi connectivity index (χ2v) is 3.88. The molecule has 1 saturated carbocycles. The molecule has 0 radical (unpaired) electrons. The third-order valence-corrected chi connectivity index (χ3v) is 3.13. The maximum absolute atomic E-state index is 9.64. The van der Waals surface area contributed by atoms with Gasteiger partial charge in [0.05, 0.1) is 6.10 Å². The molecule has 1 aliphatic carbocycles. The standard InChI is InChI=1S/C9H17NO/c11-8-5-1-3-7-4-2-6-10-9(7)8/h7-11H,1-6H2/t7-,8-,9+/m1/s1. The molecule has 0 spiro atoms. The number of fused-ring (bicyclic) bond motifs is 1. The zero-order valence-corrected chi connectivity index (χ0v) is 6.92. The molecule has 1 heterocycles. The first-order chi connectivity index (χ1) is 5.38. The molecule has 11 heavy (non-hydrogen) atoms. The molecule has 0 aromatic carbocycles. The SMILES string of the molecule is O[C@@H]1CCC[C@@H]2CCCN[C@@H]21. The van der Waals surface area contributed by atoms with Gasteiger partial charge in [-0.25, -0.2) is 0 Å². The predicted octanol–water partition coefficient (Wildman–Crippen LogP) is 0.899. The Kier molecular flexibility index (Phi) is 2.14. The van der Waals surface area contributed by atoms with Gasteiger partial charge >= 0.3 is 0 Å². The number of piperidine rings is 1. The third kappa shape index (κ3) is 1.42. The van der Waals surface area contributed by atoms with E-state index < -0.39 is 0 Å². The predicted molar refractivity (Wildman–Crippen MR) is 44.4 cm³/mol. The number of hydrogen-bond donors (Lipinski definition) is 2. The third-order valence-electron chi connectivity index (χ3n) is 3.13. The van der Waals surface area contributed by atoms with E-state index in [1.807, 2.05) is 0 Å². The monoisotopic (exact) mass is 155 g/mol.